The van der Waals surface area contributed by atoms with Crippen molar-refractivity contribution in [3.8, 4) is 0 Å². The van der Waals surface area contributed by atoms with Gasteiger partial charge >= 0.3 is 0 Å². The van der Waals surface area contributed by atoms with Gasteiger partial charge in [-0.15, -0.1) is 0 Å². The monoisotopic (exact) mass is 252 g/mol. The fourth-order valence-electron chi connectivity index (χ4n) is 2.22. The Labute approximate surface area is 107 Å². The SMILES string of the molecule is CCOC1CCN(C(=O)c2ccc(CN)o2)CC1. The van der Waals surface area contributed by atoms with Crippen LogP contribution in [0.1, 0.15) is 36.1 Å². The summed E-state index contributed by atoms with van der Waals surface area (Å²) in [4.78, 5) is 14.0. The van der Waals surface area contributed by atoms with E-state index in [1.165, 1.54) is 0 Å². The van der Waals surface area contributed by atoms with Crippen LogP contribution >= 0.6 is 0 Å². The van der Waals surface area contributed by atoms with Crippen molar-refractivity contribution in [2.45, 2.75) is 32.4 Å². The number of nitrogens with two attached hydrogens (primary N) is 1. The molecule has 1 saturated heterocycles. The van der Waals surface area contributed by atoms with Crippen LogP contribution in [0, 0.1) is 0 Å². The highest BCUT2D eigenvalue weighted by Gasteiger charge is 2.25. The number of hydrogen-bond acceptors (Lipinski definition) is 4. The van der Waals surface area contributed by atoms with Crippen molar-refractivity contribution in [1.82, 2.24) is 4.90 Å². The summed E-state index contributed by atoms with van der Waals surface area (Å²) < 4.78 is 10.9. The van der Waals surface area contributed by atoms with E-state index >= 15 is 0 Å². The average molecular weight is 252 g/mol. The topological polar surface area (TPSA) is 68.7 Å². The molecule has 0 bridgehead atoms. The van der Waals surface area contributed by atoms with Gasteiger partial charge in [0.1, 0.15) is 5.76 Å². The predicted octanol–water partition coefficient (Wildman–Crippen LogP) is 1.38. The molecule has 1 amide bonds. The zero-order valence-electron chi connectivity index (χ0n) is 10.7. The van der Waals surface area contributed by atoms with Crippen molar-refractivity contribution in [3.05, 3.63) is 23.7 Å². The normalized spacial score (nSPS) is 17.1. The second-order valence-corrected chi connectivity index (χ2v) is 4.42. The Kier molecular flexibility index (Phi) is 4.38. The Morgan fingerprint density at radius 1 is 1.50 bits per heavy atom. The molecule has 0 radical (unpaired) electrons. The van der Waals surface area contributed by atoms with Crippen molar-refractivity contribution in [2.24, 2.45) is 5.73 Å². The van der Waals surface area contributed by atoms with E-state index in [1.54, 1.807) is 12.1 Å². The van der Waals surface area contributed by atoms with Crippen LogP contribution in [-0.2, 0) is 11.3 Å². The Morgan fingerprint density at radius 2 is 2.22 bits per heavy atom. The Bertz CT molecular complexity index is 395. The van der Waals surface area contributed by atoms with Gasteiger partial charge in [-0.1, -0.05) is 0 Å². The lowest BCUT2D eigenvalue weighted by atomic mass is 10.1. The molecule has 0 aromatic carbocycles. The molecule has 1 aromatic heterocycles. The third kappa shape index (κ3) is 2.91. The third-order valence-corrected chi connectivity index (χ3v) is 3.21. The Morgan fingerprint density at radius 3 is 2.78 bits per heavy atom. The first kappa shape index (κ1) is 13.1. The Hall–Kier alpha value is -1.33. The first-order chi connectivity index (χ1) is 8.74. The van der Waals surface area contributed by atoms with Crippen LogP contribution in [0.2, 0.25) is 0 Å². The van der Waals surface area contributed by atoms with E-state index in [-0.39, 0.29) is 12.0 Å². The molecule has 1 aromatic rings. The highest BCUT2D eigenvalue weighted by molar-refractivity contribution is 5.91. The summed E-state index contributed by atoms with van der Waals surface area (Å²) >= 11 is 0. The van der Waals surface area contributed by atoms with Gasteiger partial charge in [0.2, 0.25) is 0 Å². The van der Waals surface area contributed by atoms with E-state index in [4.69, 9.17) is 14.9 Å². The molecule has 2 N–H and O–H groups in total. The molecule has 1 aliphatic rings. The van der Waals surface area contributed by atoms with E-state index in [0.29, 0.717) is 18.1 Å². The number of amides is 1. The number of rotatable bonds is 4. The summed E-state index contributed by atoms with van der Waals surface area (Å²) in [7, 11) is 0. The highest BCUT2D eigenvalue weighted by Crippen LogP contribution is 2.17. The van der Waals surface area contributed by atoms with Gasteiger partial charge in [0.05, 0.1) is 12.6 Å². The lowest BCUT2D eigenvalue weighted by Crippen LogP contribution is -2.40. The van der Waals surface area contributed by atoms with Crippen molar-refractivity contribution in [2.75, 3.05) is 19.7 Å². The Balaban J connectivity index is 1.91. The first-order valence-corrected chi connectivity index (χ1v) is 6.44. The molecule has 5 heteroatoms. The first-order valence-electron chi connectivity index (χ1n) is 6.44. The molecule has 0 spiro atoms. The van der Waals surface area contributed by atoms with Crippen LogP contribution in [0.3, 0.4) is 0 Å². The smallest absolute Gasteiger partial charge is 0.289 e. The molecule has 5 nitrogen and oxygen atoms in total. The number of piperidine rings is 1. The molecule has 0 atom stereocenters. The molecule has 1 fully saturated rings. The zero-order valence-corrected chi connectivity index (χ0v) is 10.7. The summed E-state index contributed by atoms with van der Waals surface area (Å²) in [6.45, 7) is 4.50. The van der Waals surface area contributed by atoms with Crippen LogP contribution in [-0.4, -0.2) is 36.6 Å². The predicted molar refractivity (Wildman–Crippen MR) is 67.2 cm³/mol. The minimum absolute atomic E-state index is 0.0513. The number of carbonyl (C=O) groups is 1. The molecule has 2 heterocycles. The number of hydrogen-bond donors (Lipinski definition) is 1. The van der Waals surface area contributed by atoms with E-state index < -0.39 is 0 Å². The molecule has 1 aliphatic heterocycles. The molecule has 2 rings (SSSR count). The fraction of sp³-hybridized carbons (Fsp3) is 0.615. The standard InChI is InChI=1S/C13H20N2O3/c1-2-17-10-5-7-15(8-6-10)13(16)12-4-3-11(9-14)18-12/h3-4,10H,2,5-9,14H2,1H3. The molecular weight excluding hydrogens is 232 g/mol. The molecule has 0 saturated carbocycles. The molecule has 100 valence electrons. The van der Waals surface area contributed by atoms with E-state index in [1.807, 2.05) is 11.8 Å². The second kappa shape index (κ2) is 6.02. The van der Waals surface area contributed by atoms with E-state index in [0.717, 1.165) is 32.5 Å². The maximum atomic E-state index is 12.1. The van der Waals surface area contributed by atoms with Crippen molar-refractivity contribution in [1.29, 1.82) is 0 Å². The number of ether oxygens (including phenoxy) is 1. The van der Waals surface area contributed by atoms with Crippen molar-refractivity contribution < 1.29 is 13.9 Å². The third-order valence-electron chi connectivity index (χ3n) is 3.21. The summed E-state index contributed by atoms with van der Waals surface area (Å²) in [6.07, 6.45) is 2.07. The van der Waals surface area contributed by atoms with Gasteiger partial charge in [-0.05, 0) is 31.9 Å². The number of likely N-dealkylation sites (tertiary alicyclic amines) is 1. The van der Waals surface area contributed by atoms with E-state index in [2.05, 4.69) is 0 Å². The number of furan rings is 1. The lowest BCUT2D eigenvalue weighted by molar-refractivity contribution is 0.0136. The van der Waals surface area contributed by atoms with Crippen LogP contribution in [0.5, 0.6) is 0 Å². The lowest BCUT2D eigenvalue weighted by Gasteiger charge is -2.31. The summed E-state index contributed by atoms with van der Waals surface area (Å²) in [6, 6.07) is 3.44. The van der Waals surface area contributed by atoms with Crippen LogP contribution < -0.4 is 5.73 Å². The number of carbonyl (C=O) groups excluding carboxylic acids is 1. The van der Waals surface area contributed by atoms with Gasteiger partial charge in [-0.25, -0.2) is 0 Å². The molecule has 18 heavy (non-hydrogen) atoms. The van der Waals surface area contributed by atoms with Gasteiger partial charge in [-0.2, -0.15) is 0 Å². The van der Waals surface area contributed by atoms with E-state index in [9.17, 15) is 4.79 Å². The van der Waals surface area contributed by atoms with Gasteiger partial charge in [0, 0.05) is 19.7 Å². The maximum absolute atomic E-state index is 12.1. The number of nitrogens with zero attached hydrogens (tertiary/aromatic N) is 1. The minimum Gasteiger partial charge on any atom is -0.455 e. The summed E-state index contributed by atoms with van der Waals surface area (Å²) in [5, 5.41) is 0. The van der Waals surface area contributed by atoms with Crippen molar-refractivity contribution in [3.63, 3.8) is 0 Å². The largest absolute Gasteiger partial charge is 0.455 e. The zero-order chi connectivity index (χ0) is 13.0. The molecular formula is C13H20N2O3. The highest BCUT2D eigenvalue weighted by atomic mass is 16.5. The van der Waals surface area contributed by atoms with Gasteiger partial charge in [0.15, 0.2) is 5.76 Å². The van der Waals surface area contributed by atoms with Gasteiger partial charge in [0.25, 0.3) is 5.91 Å². The second-order valence-electron chi connectivity index (χ2n) is 4.42. The fourth-order valence-corrected chi connectivity index (χ4v) is 2.22. The summed E-state index contributed by atoms with van der Waals surface area (Å²) in [5.41, 5.74) is 5.46. The average Bonchev–Trinajstić information content (AvgIpc) is 2.88. The quantitative estimate of drug-likeness (QED) is 0.879. The van der Waals surface area contributed by atoms with Gasteiger partial charge in [-0.3, -0.25) is 4.79 Å². The van der Waals surface area contributed by atoms with Crippen LogP contribution in [0.4, 0.5) is 0 Å². The van der Waals surface area contributed by atoms with Crippen molar-refractivity contribution >= 4 is 5.91 Å². The summed E-state index contributed by atoms with van der Waals surface area (Å²) in [5.74, 6) is 0.970. The van der Waals surface area contributed by atoms with Crippen LogP contribution in [0.25, 0.3) is 0 Å². The minimum atomic E-state index is -0.0513. The maximum Gasteiger partial charge on any atom is 0.289 e. The molecule has 0 aliphatic carbocycles. The van der Waals surface area contributed by atoms with Gasteiger partial charge < -0.3 is 19.8 Å². The van der Waals surface area contributed by atoms with Crippen LogP contribution in [0.15, 0.2) is 16.5 Å². The molecule has 0 unspecified atom stereocenters.